The molecule has 1 aromatic heterocycles. The topological polar surface area (TPSA) is 90.7 Å². The molecular weight excluding hydrogens is 467 g/mol. The molecule has 0 aliphatic carbocycles. The molecule has 174 valence electrons. The highest BCUT2D eigenvalue weighted by atomic mass is 35.5. The Bertz CT molecular complexity index is 1120. The Morgan fingerprint density at radius 3 is 2.39 bits per heavy atom. The lowest BCUT2D eigenvalue weighted by molar-refractivity contribution is -0.116. The molecule has 33 heavy (non-hydrogen) atoms. The molecule has 3 aromatic rings. The summed E-state index contributed by atoms with van der Waals surface area (Å²) in [6.45, 7) is 6.01. The molecular formula is C24H24Cl2N2O5. The zero-order valence-corrected chi connectivity index (χ0v) is 20.0. The fourth-order valence-electron chi connectivity index (χ4n) is 3.17. The third-order valence-electron chi connectivity index (χ3n) is 4.77. The number of aromatic nitrogens is 1. The van der Waals surface area contributed by atoms with Gasteiger partial charge < -0.3 is 14.0 Å². The van der Waals surface area contributed by atoms with Crippen LogP contribution >= 0.6 is 23.2 Å². The van der Waals surface area contributed by atoms with Crippen molar-refractivity contribution in [2.24, 2.45) is 0 Å². The number of benzene rings is 2. The van der Waals surface area contributed by atoms with E-state index in [0.29, 0.717) is 34.4 Å². The van der Waals surface area contributed by atoms with Gasteiger partial charge >= 0.3 is 5.97 Å². The van der Waals surface area contributed by atoms with Crippen LogP contribution in [0.3, 0.4) is 0 Å². The summed E-state index contributed by atoms with van der Waals surface area (Å²) >= 11 is 12.1. The van der Waals surface area contributed by atoms with Gasteiger partial charge in [-0.2, -0.15) is 0 Å². The second-order valence-corrected chi connectivity index (χ2v) is 8.15. The van der Waals surface area contributed by atoms with Crippen LogP contribution in [0, 0.1) is 13.8 Å². The van der Waals surface area contributed by atoms with Crippen LogP contribution < -0.4 is 10.1 Å². The Balaban J connectivity index is 1.64. The molecule has 9 heteroatoms. The Labute approximate surface area is 202 Å². The number of hydrogen-bond acceptors (Lipinski definition) is 6. The number of carbonyl (C=O) groups excluding carboxylic acids is 2. The predicted octanol–water partition coefficient (Wildman–Crippen LogP) is 6.24. The van der Waals surface area contributed by atoms with Crippen molar-refractivity contribution in [1.29, 1.82) is 0 Å². The summed E-state index contributed by atoms with van der Waals surface area (Å²) < 4.78 is 16.1. The van der Waals surface area contributed by atoms with E-state index in [-0.39, 0.29) is 36.1 Å². The SMILES string of the molecule is CCOC(=O)c1c(-c2ccc(Cl)cc2)noc1NC(=O)CCCOc1cc(C)c(Cl)c(C)c1. The largest absolute Gasteiger partial charge is 0.494 e. The first-order valence-electron chi connectivity index (χ1n) is 10.4. The summed E-state index contributed by atoms with van der Waals surface area (Å²) in [6, 6.07) is 10.4. The fourth-order valence-corrected chi connectivity index (χ4v) is 3.41. The number of rotatable bonds is 9. The molecule has 0 unspecified atom stereocenters. The number of anilines is 1. The van der Waals surface area contributed by atoms with Gasteiger partial charge in [-0.25, -0.2) is 4.79 Å². The van der Waals surface area contributed by atoms with E-state index in [2.05, 4.69) is 10.5 Å². The normalized spacial score (nSPS) is 10.7. The summed E-state index contributed by atoms with van der Waals surface area (Å²) in [5.41, 5.74) is 2.78. The van der Waals surface area contributed by atoms with Crippen molar-refractivity contribution >= 4 is 41.0 Å². The summed E-state index contributed by atoms with van der Waals surface area (Å²) in [6.07, 6.45) is 0.615. The zero-order chi connectivity index (χ0) is 24.0. The molecule has 7 nitrogen and oxygen atoms in total. The van der Waals surface area contributed by atoms with E-state index in [1.54, 1.807) is 31.2 Å². The first-order chi connectivity index (χ1) is 15.8. The van der Waals surface area contributed by atoms with Crippen LogP contribution in [-0.2, 0) is 9.53 Å². The van der Waals surface area contributed by atoms with Crippen molar-refractivity contribution in [1.82, 2.24) is 5.16 Å². The Hall–Kier alpha value is -3.03. The van der Waals surface area contributed by atoms with Gasteiger partial charge in [-0.1, -0.05) is 40.5 Å². The van der Waals surface area contributed by atoms with Gasteiger partial charge in [0.05, 0.1) is 13.2 Å². The van der Waals surface area contributed by atoms with E-state index >= 15 is 0 Å². The molecule has 0 radical (unpaired) electrons. The highest BCUT2D eigenvalue weighted by Crippen LogP contribution is 2.31. The van der Waals surface area contributed by atoms with Gasteiger partial charge in [0.1, 0.15) is 11.4 Å². The van der Waals surface area contributed by atoms with Gasteiger partial charge in [0.15, 0.2) is 5.56 Å². The fraction of sp³-hybridized carbons (Fsp3) is 0.292. The maximum atomic E-state index is 12.5. The Kier molecular flexibility index (Phi) is 8.36. The highest BCUT2D eigenvalue weighted by molar-refractivity contribution is 6.32. The number of ether oxygens (including phenoxy) is 2. The smallest absolute Gasteiger partial charge is 0.346 e. The first-order valence-corrected chi connectivity index (χ1v) is 11.2. The average molecular weight is 491 g/mol. The molecule has 0 atom stereocenters. The number of nitrogens with zero attached hydrogens (tertiary/aromatic N) is 1. The van der Waals surface area contributed by atoms with Crippen molar-refractivity contribution in [2.75, 3.05) is 18.5 Å². The van der Waals surface area contributed by atoms with Crippen LogP contribution in [0.25, 0.3) is 11.3 Å². The van der Waals surface area contributed by atoms with Crippen molar-refractivity contribution in [3.05, 3.63) is 63.1 Å². The van der Waals surface area contributed by atoms with E-state index in [4.69, 9.17) is 37.2 Å². The van der Waals surface area contributed by atoms with Crippen LogP contribution in [-0.4, -0.2) is 30.2 Å². The summed E-state index contributed by atoms with van der Waals surface area (Å²) in [4.78, 5) is 25.0. The molecule has 0 spiro atoms. The molecule has 0 saturated carbocycles. The minimum Gasteiger partial charge on any atom is -0.494 e. The minimum atomic E-state index is -0.643. The van der Waals surface area contributed by atoms with Crippen molar-refractivity contribution in [2.45, 2.75) is 33.6 Å². The lowest BCUT2D eigenvalue weighted by atomic mass is 10.1. The molecule has 2 aromatic carbocycles. The summed E-state index contributed by atoms with van der Waals surface area (Å²) in [7, 11) is 0. The van der Waals surface area contributed by atoms with Crippen molar-refractivity contribution < 1.29 is 23.6 Å². The molecule has 0 aliphatic heterocycles. The van der Waals surface area contributed by atoms with Crippen LogP contribution in [0.1, 0.15) is 41.3 Å². The molecule has 0 saturated heterocycles. The standard InChI is InChI=1S/C24H24Cl2N2O5/c1-4-31-24(30)20-22(16-7-9-17(25)10-8-16)28-33-23(20)27-19(29)6-5-11-32-18-12-14(2)21(26)15(3)13-18/h7-10,12-13H,4-6,11H2,1-3H3,(H,27,29). The molecule has 0 fully saturated rings. The van der Waals surface area contributed by atoms with E-state index in [1.165, 1.54) is 0 Å². The van der Waals surface area contributed by atoms with Crippen LogP contribution in [0.4, 0.5) is 5.88 Å². The number of halogens is 2. The van der Waals surface area contributed by atoms with Gasteiger partial charge in [-0.05, 0) is 62.6 Å². The number of amides is 1. The molecule has 1 heterocycles. The monoisotopic (exact) mass is 490 g/mol. The lowest BCUT2D eigenvalue weighted by Gasteiger charge is -2.10. The van der Waals surface area contributed by atoms with Crippen LogP contribution in [0.5, 0.6) is 5.75 Å². The second kappa shape index (κ2) is 11.2. The van der Waals surface area contributed by atoms with E-state index in [0.717, 1.165) is 11.1 Å². The van der Waals surface area contributed by atoms with Gasteiger partial charge in [0.2, 0.25) is 11.8 Å². The molecule has 0 aliphatic rings. The molecule has 0 bridgehead atoms. The zero-order valence-electron chi connectivity index (χ0n) is 18.5. The van der Waals surface area contributed by atoms with Gasteiger partial charge in [-0.3, -0.25) is 10.1 Å². The van der Waals surface area contributed by atoms with Gasteiger partial charge in [-0.15, -0.1) is 0 Å². The minimum absolute atomic E-state index is 0.0517. The van der Waals surface area contributed by atoms with Gasteiger partial charge in [0, 0.05) is 22.0 Å². The molecule has 3 rings (SSSR count). The van der Waals surface area contributed by atoms with Crippen LogP contribution in [0.2, 0.25) is 10.0 Å². The van der Waals surface area contributed by atoms with Crippen molar-refractivity contribution in [3.8, 4) is 17.0 Å². The van der Waals surface area contributed by atoms with E-state index in [9.17, 15) is 9.59 Å². The summed E-state index contributed by atoms with van der Waals surface area (Å²) in [5.74, 6) is -0.349. The number of carbonyl (C=O) groups is 2. The van der Waals surface area contributed by atoms with E-state index in [1.807, 2.05) is 26.0 Å². The van der Waals surface area contributed by atoms with Crippen molar-refractivity contribution in [3.63, 3.8) is 0 Å². The highest BCUT2D eigenvalue weighted by Gasteiger charge is 2.26. The number of aryl methyl sites for hydroxylation is 2. The molecule has 1 amide bonds. The maximum absolute atomic E-state index is 12.5. The Morgan fingerprint density at radius 2 is 1.76 bits per heavy atom. The number of nitrogens with one attached hydrogen (secondary N) is 1. The number of esters is 1. The lowest BCUT2D eigenvalue weighted by Crippen LogP contribution is -2.15. The third-order valence-corrected chi connectivity index (χ3v) is 5.62. The summed E-state index contributed by atoms with van der Waals surface area (Å²) in [5, 5.41) is 7.82. The molecule has 1 N–H and O–H groups in total. The predicted molar refractivity (Wildman–Crippen MR) is 127 cm³/mol. The van der Waals surface area contributed by atoms with Gasteiger partial charge in [0.25, 0.3) is 0 Å². The maximum Gasteiger partial charge on any atom is 0.346 e. The average Bonchev–Trinajstić information content (AvgIpc) is 3.19. The second-order valence-electron chi connectivity index (χ2n) is 7.33. The quantitative estimate of drug-likeness (QED) is 0.282. The Morgan fingerprint density at radius 1 is 1.09 bits per heavy atom. The van der Waals surface area contributed by atoms with Crippen LogP contribution in [0.15, 0.2) is 40.9 Å². The number of hydrogen-bond donors (Lipinski definition) is 1. The van der Waals surface area contributed by atoms with E-state index < -0.39 is 5.97 Å². The third kappa shape index (κ3) is 6.27. The first kappa shape index (κ1) is 24.6.